The van der Waals surface area contributed by atoms with Gasteiger partial charge in [-0.05, 0) is 12.5 Å². The zero-order valence-corrected chi connectivity index (χ0v) is 12.9. The maximum atomic E-state index is 12.0. The molecule has 114 valence electrons. The largest absolute Gasteiger partial charge is 0.373 e. The Kier molecular flexibility index (Phi) is 5.87. The third-order valence-electron chi connectivity index (χ3n) is 2.31. The summed E-state index contributed by atoms with van der Waals surface area (Å²) in [4.78, 5) is 4.03. The lowest BCUT2D eigenvalue weighted by atomic mass is 10.4. The lowest BCUT2D eigenvalue weighted by Gasteiger charge is -2.08. The fourth-order valence-electron chi connectivity index (χ4n) is 1.35. The average molecular weight is 322 g/mol. The highest BCUT2D eigenvalue weighted by atomic mass is 32.2. The summed E-state index contributed by atoms with van der Waals surface area (Å²) in [6.07, 6.45) is 2.80. The minimum absolute atomic E-state index is 0.105. The number of anilines is 1. The number of hydrogen-bond donors (Lipinski definition) is 3. The fraction of sp³-hybridized carbons (Fsp3) is 0.500. The van der Waals surface area contributed by atoms with Crippen molar-refractivity contribution < 1.29 is 16.8 Å². The first kappa shape index (κ1) is 16.8. The molecule has 10 heteroatoms. The summed E-state index contributed by atoms with van der Waals surface area (Å²) in [6, 6.07) is 2.80. The van der Waals surface area contributed by atoms with E-state index < -0.39 is 20.0 Å². The molecule has 0 fully saturated rings. The molecule has 1 aromatic heterocycles. The second-order valence-corrected chi connectivity index (χ2v) is 7.64. The van der Waals surface area contributed by atoms with Crippen molar-refractivity contribution in [2.24, 2.45) is 0 Å². The number of nitrogens with zero attached hydrogens (tertiary/aromatic N) is 1. The zero-order valence-electron chi connectivity index (χ0n) is 11.3. The van der Waals surface area contributed by atoms with E-state index in [0.717, 1.165) is 6.26 Å². The SMILES string of the molecule is CNc1cc(S(=O)(=O)NCCCNS(C)(=O)=O)ccn1. The number of rotatable bonds is 8. The molecule has 3 N–H and O–H groups in total. The van der Waals surface area contributed by atoms with Crippen LogP contribution in [0.3, 0.4) is 0 Å². The van der Waals surface area contributed by atoms with Crippen LogP contribution in [0.1, 0.15) is 6.42 Å². The van der Waals surface area contributed by atoms with Crippen molar-refractivity contribution in [2.75, 3.05) is 31.7 Å². The van der Waals surface area contributed by atoms with Gasteiger partial charge in [-0.2, -0.15) is 0 Å². The molecule has 20 heavy (non-hydrogen) atoms. The van der Waals surface area contributed by atoms with Crippen LogP contribution in [0.5, 0.6) is 0 Å². The van der Waals surface area contributed by atoms with Crippen LogP contribution in [0.25, 0.3) is 0 Å². The van der Waals surface area contributed by atoms with Gasteiger partial charge in [0.25, 0.3) is 0 Å². The Hall–Kier alpha value is -1.23. The predicted octanol–water partition coefficient (Wildman–Crippen LogP) is -0.659. The van der Waals surface area contributed by atoms with Gasteiger partial charge in [-0.3, -0.25) is 0 Å². The number of sulfonamides is 2. The Balaban J connectivity index is 2.53. The molecule has 0 radical (unpaired) electrons. The molecule has 1 rings (SSSR count). The minimum atomic E-state index is -3.62. The van der Waals surface area contributed by atoms with Gasteiger partial charge >= 0.3 is 0 Å². The fourth-order valence-corrected chi connectivity index (χ4v) is 2.95. The van der Waals surface area contributed by atoms with Gasteiger partial charge in [-0.15, -0.1) is 0 Å². The molecule has 0 saturated carbocycles. The van der Waals surface area contributed by atoms with Crippen molar-refractivity contribution in [3.8, 4) is 0 Å². The summed E-state index contributed by atoms with van der Waals surface area (Å²) in [5, 5.41) is 2.75. The van der Waals surface area contributed by atoms with Crippen molar-refractivity contribution in [2.45, 2.75) is 11.3 Å². The van der Waals surface area contributed by atoms with E-state index in [1.54, 1.807) is 7.05 Å². The van der Waals surface area contributed by atoms with Gasteiger partial charge in [0, 0.05) is 32.4 Å². The van der Waals surface area contributed by atoms with Crippen LogP contribution in [0.2, 0.25) is 0 Å². The summed E-state index contributed by atoms with van der Waals surface area (Å²) in [5.74, 6) is 0.451. The van der Waals surface area contributed by atoms with E-state index in [9.17, 15) is 16.8 Å². The molecule has 0 atom stereocenters. The zero-order chi connectivity index (χ0) is 15.2. The highest BCUT2D eigenvalue weighted by molar-refractivity contribution is 7.89. The van der Waals surface area contributed by atoms with E-state index >= 15 is 0 Å². The van der Waals surface area contributed by atoms with Crippen LogP contribution < -0.4 is 14.8 Å². The van der Waals surface area contributed by atoms with Gasteiger partial charge < -0.3 is 5.32 Å². The van der Waals surface area contributed by atoms with E-state index in [2.05, 4.69) is 19.7 Å². The lowest BCUT2D eigenvalue weighted by molar-refractivity contribution is 0.575. The van der Waals surface area contributed by atoms with Crippen LogP contribution in [0.4, 0.5) is 5.82 Å². The van der Waals surface area contributed by atoms with Crippen LogP contribution in [0, 0.1) is 0 Å². The maximum Gasteiger partial charge on any atom is 0.240 e. The van der Waals surface area contributed by atoms with Gasteiger partial charge in [0.05, 0.1) is 11.2 Å². The molecule has 0 spiro atoms. The topological polar surface area (TPSA) is 117 Å². The number of nitrogens with one attached hydrogen (secondary N) is 3. The standard InChI is InChI=1S/C10H18N4O4S2/c1-11-10-8-9(4-7-12-10)20(17,18)14-6-3-5-13-19(2,15)16/h4,7-8,13-14H,3,5-6H2,1-2H3,(H,11,12). The van der Waals surface area contributed by atoms with Crippen LogP contribution in [-0.2, 0) is 20.0 Å². The van der Waals surface area contributed by atoms with Gasteiger partial charge in [0.15, 0.2) is 0 Å². The Morgan fingerprint density at radius 1 is 1.15 bits per heavy atom. The van der Waals surface area contributed by atoms with Crippen LogP contribution in [0.15, 0.2) is 23.2 Å². The number of pyridine rings is 1. The Morgan fingerprint density at radius 3 is 2.40 bits per heavy atom. The van der Waals surface area contributed by atoms with Gasteiger partial charge in [-0.25, -0.2) is 31.3 Å². The van der Waals surface area contributed by atoms with Gasteiger partial charge in [-0.1, -0.05) is 0 Å². The monoisotopic (exact) mass is 322 g/mol. The Labute approximate surface area is 119 Å². The van der Waals surface area contributed by atoms with E-state index in [0.29, 0.717) is 12.2 Å². The molecule has 0 unspecified atom stereocenters. The summed E-state index contributed by atoms with van der Waals surface area (Å²) in [6.45, 7) is 0.321. The summed E-state index contributed by atoms with van der Waals surface area (Å²) in [7, 11) is -5.22. The van der Waals surface area contributed by atoms with Gasteiger partial charge in [0.2, 0.25) is 20.0 Å². The van der Waals surface area contributed by atoms with E-state index in [-0.39, 0.29) is 18.0 Å². The Morgan fingerprint density at radius 2 is 1.80 bits per heavy atom. The normalized spacial score (nSPS) is 12.3. The molecule has 0 aliphatic rings. The molecule has 8 nitrogen and oxygen atoms in total. The summed E-state index contributed by atoms with van der Waals surface area (Å²) in [5.41, 5.74) is 0. The maximum absolute atomic E-state index is 12.0. The van der Waals surface area contributed by atoms with Crippen molar-refractivity contribution in [1.82, 2.24) is 14.4 Å². The molecular weight excluding hydrogens is 304 g/mol. The quantitative estimate of drug-likeness (QED) is 0.547. The second kappa shape index (κ2) is 6.97. The molecule has 0 aliphatic carbocycles. The lowest BCUT2D eigenvalue weighted by Crippen LogP contribution is -2.29. The number of hydrogen-bond acceptors (Lipinski definition) is 6. The first-order chi connectivity index (χ1) is 9.24. The third-order valence-corrected chi connectivity index (χ3v) is 4.49. The van der Waals surface area contributed by atoms with Crippen molar-refractivity contribution in [3.63, 3.8) is 0 Å². The highest BCUT2D eigenvalue weighted by Crippen LogP contribution is 2.11. The molecule has 0 saturated heterocycles. The van der Waals surface area contributed by atoms with E-state index in [4.69, 9.17) is 0 Å². The smallest absolute Gasteiger partial charge is 0.240 e. The van der Waals surface area contributed by atoms with Crippen LogP contribution in [-0.4, -0.2) is 48.2 Å². The molecule has 0 amide bonds. The minimum Gasteiger partial charge on any atom is -0.373 e. The molecule has 0 aliphatic heterocycles. The molecule has 1 heterocycles. The van der Waals surface area contributed by atoms with Crippen LogP contribution >= 0.6 is 0 Å². The van der Waals surface area contributed by atoms with Crippen molar-refractivity contribution in [1.29, 1.82) is 0 Å². The summed E-state index contributed by atoms with van der Waals surface area (Å²) >= 11 is 0. The van der Waals surface area contributed by atoms with Crippen molar-refractivity contribution >= 4 is 25.9 Å². The van der Waals surface area contributed by atoms with Gasteiger partial charge in [0.1, 0.15) is 5.82 Å². The van der Waals surface area contributed by atoms with E-state index in [1.165, 1.54) is 18.3 Å². The average Bonchev–Trinajstić information content (AvgIpc) is 2.37. The summed E-state index contributed by atoms with van der Waals surface area (Å²) < 4.78 is 50.2. The van der Waals surface area contributed by atoms with E-state index in [1.807, 2.05) is 0 Å². The first-order valence-corrected chi connectivity index (χ1v) is 9.20. The third kappa shape index (κ3) is 5.82. The highest BCUT2D eigenvalue weighted by Gasteiger charge is 2.13. The Bertz CT molecular complexity index is 643. The molecule has 0 bridgehead atoms. The first-order valence-electron chi connectivity index (χ1n) is 5.83. The molecular formula is C10H18N4O4S2. The predicted molar refractivity (Wildman–Crippen MR) is 76.4 cm³/mol. The molecule has 0 aromatic carbocycles. The molecule has 1 aromatic rings. The number of aromatic nitrogens is 1. The second-order valence-electron chi connectivity index (χ2n) is 4.04. The van der Waals surface area contributed by atoms with Crippen molar-refractivity contribution in [3.05, 3.63) is 18.3 Å².